The van der Waals surface area contributed by atoms with E-state index in [-0.39, 0.29) is 12.6 Å². The average molecular weight is 256 g/mol. The predicted octanol–water partition coefficient (Wildman–Crippen LogP) is 0.522. The molecule has 0 saturated heterocycles. The molecule has 0 aliphatic heterocycles. The van der Waals surface area contributed by atoms with Gasteiger partial charge >= 0.3 is 0 Å². The highest BCUT2D eigenvalue weighted by Gasteiger charge is 2.17. The van der Waals surface area contributed by atoms with Gasteiger partial charge < -0.3 is 15.0 Å². The molecular formula is C11H20N4O3. The lowest BCUT2D eigenvalue weighted by Crippen LogP contribution is -2.28. The smallest absolute Gasteiger partial charge is 0.240 e. The van der Waals surface area contributed by atoms with Crippen LogP contribution in [-0.2, 0) is 16.1 Å². The Morgan fingerprint density at radius 1 is 1.56 bits per heavy atom. The maximum atomic E-state index is 10.5. The van der Waals surface area contributed by atoms with Crippen LogP contribution in [0.2, 0.25) is 0 Å². The third-order valence-corrected chi connectivity index (χ3v) is 2.27. The summed E-state index contributed by atoms with van der Waals surface area (Å²) in [5.74, 6) is 0.551. The molecule has 0 saturated carbocycles. The first-order valence-corrected chi connectivity index (χ1v) is 6.10. The highest BCUT2D eigenvalue weighted by Crippen LogP contribution is 2.19. The summed E-state index contributed by atoms with van der Waals surface area (Å²) < 4.78 is 10.6. The van der Waals surface area contributed by atoms with Gasteiger partial charge in [-0.1, -0.05) is 18.5 Å². The molecule has 1 unspecified atom stereocenters. The number of carbonyl (C=O) groups is 1. The molecule has 18 heavy (non-hydrogen) atoms. The molecule has 1 aromatic rings. The predicted molar refractivity (Wildman–Crippen MR) is 64.5 cm³/mol. The number of carbonyl (C=O) groups excluding carboxylic acids is 1. The zero-order valence-electron chi connectivity index (χ0n) is 10.8. The van der Waals surface area contributed by atoms with Gasteiger partial charge in [-0.3, -0.25) is 10.1 Å². The van der Waals surface area contributed by atoms with Crippen molar-refractivity contribution in [1.82, 2.24) is 15.5 Å². The van der Waals surface area contributed by atoms with Crippen molar-refractivity contribution in [2.45, 2.75) is 39.3 Å². The number of ether oxygens (including phenoxy) is 1. The van der Waals surface area contributed by atoms with E-state index >= 15 is 0 Å². The van der Waals surface area contributed by atoms with Crippen molar-refractivity contribution in [3.63, 3.8) is 0 Å². The van der Waals surface area contributed by atoms with Gasteiger partial charge in [-0.15, -0.1) is 0 Å². The Morgan fingerprint density at radius 2 is 2.33 bits per heavy atom. The van der Waals surface area contributed by atoms with Gasteiger partial charge in [0, 0.05) is 6.61 Å². The van der Waals surface area contributed by atoms with Gasteiger partial charge in [0.2, 0.25) is 17.6 Å². The Morgan fingerprint density at radius 3 is 2.94 bits per heavy atom. The Hall–Kier alpha value is -1.47. The third-order valence-electron chi connectivity index (χ3n) is 2.27. The van der Waals surface area contributed by atoms with Crippen LogP contribution in [0.5, 0.6) is 0 Å². The molecule has 0 fully saturated rings. The number of nitrogens with two attached hydrogens (primary N) is 1. The molecular weight excluding hydrogens is 236 g/mol. The third kappa shape index (κ3) is 4.80. The minimum atomic E-state index is -0.423. The van der Waals surface area contributed by atoms with Crippen molar-refractivity contribution in [2.75, 3.05) is 13.2 Å². The van der Waals surface area contributed by atoms with E-state index in [1.54, 1.807) is 0 Å². The lowest BCUT2D eigenvalue weighted by atomic mass is 10.2. The van der Waals surface area contributed by atoms with Gasteiger partial charge in [0.15, 0.2) is 0 Å². The van der Waals surface area contributed by atoms with Gasteiger partial charge in [0.25, 0.3) is 0 Å². The minimum Gasteiger partial charge on any atom is -0.370 e. The van der Waals surface area contributed by atoms with E-state index in [0.717, 1.165) is 12.8 Å². The lowest BCUT2D eigenvalue weighted by molar-refractivity contribution is -0.117. The first-order valence-electron chi connectivity index (χ1n) is 6.10. The normalized spacial score (nSPS) is 12.6. The van der Waals surface area contributed by atoms with Gasteiger partial charge in [-0.25, -0.2) is 0 Å². The van der Waals surface area contributed by atoms with Gasteiger partial charge in [0.1, 0.15) is 6.10 Å². The van der Waals surface area contributed by atoms with Gasteiger partial charge in [0.05, 0.1) is 13.1 Å². The van der Waals surface area contributed by atoms with Crippen molar-refractivity contribution < 1.29 is 14.1 Å². The summed E-state index contributed by atoms with van der Waals surface area (Å²) in [4.78, 5) is 14.8. The van der Waals surface area contributed by atoms with E-state index in [1.807, 2.05) is 6.92 Å². The summed E-state index contributed by atoms with van der Waals surface area (Å²) in [6.07, 6.45) is 1.70. The van der Waals surface area contributed by atoms with Crippen LogP contribution >= 0.6 is 0 Å². The van der Waals surface area contributed by atoms with Gasteiger partial charge in [-0.05, 0) is 13.3 Å². The van der Waals surface area contributed by atoms with E-state index in [1.165, 1.54) is 0 Å². The van der Waals surface area contributed by atoms with Crippen molar-refractivity contribution in [2.24, 2.45) is 5.73 Å². The van der Waals surface area contributed by atoms with Crippen molar-refractivity contribution >= 4 is 5.91 Å². The molecule has 1 rings (SSSR count). The van der Waals surface area contributed by atoms with Crippen LogP contribution in [0.1, 0.15) is 44.5 Å². The minimum absolute atomic E-state index is 0.0849. The maximum absolute atomic E-state index is 10.5. The van der Waals surface area contributed by atoms with Crippen LogP contribution in [0.3, 0.4) is 0 Å². The number of aromatic nitrogens is 2. The SMILES string of the molecule is CCCC(OCC)c1noc(CNCC(N)=O)n1. The summed E-state index contributed by atoms with van der Waals surface area (Å²) in [5, 5.41) is 6.69. The lowest BCUT2D eigenvalue weighted by Gasteiger charge is -2.11. The summed E-state index contributed by atoms with van der Waals surface area (Å²) in [6.45, 7) is 5.01. The number of hydrogen-bond donors (Lipinski definition) is 2. The molecule has 102 valence electrons. The number of amides is 1. The quantitative estimate of drug-likeness (QED) is 0.667. The molecule has 1 heterocycles. The first kappa shape index (κ1) is 14.6. The Bertz CT molecular complexity index is 361. The molecule has 7 heteroatoms. The monoisotopic (exact) mass is 256 g/mol. The van der Waals surface area contributed by atoms with Crippen LogP contribution in [0.4, 0.5) is 0 Å². The average Bonchev–Trinajstić information content (AvgIpc) is 2.77. The van der Waals surface area contributed by atoms with Crippen LogP contribution in [0.25, 0.3) is 0 Å². The highest BCUT2D eigenvalue weighted by atomic mass is 16.5. The Labute approximate surface area is 106 Å². The van der Waals surface area contributed by atoms with E-state index in [9.17, 15) is 4.79 Å². The number of rotatable bonds is 9. The Balaban J connectivity index is 2.51. The molecule has 0 aliphatic rings. The molecule has 0 aliphatic carbocycles. The fraction of sp³-hybridized carbons (Fsp3) is 0.727. The molecule has 7 nitrogen and oxygen atoms in total. The first-order chi connectivity index (χ1) is 8.67. The summed E-state index contributed by atoms with van der Waals surface area (Å²) in [6, 6.07) is 0. The van der Waals surface area contributed by atoms with Crippen LogP contribution in [-0.4, -0.2) is 29.2 Å². The fourth-order valence-corrected chi connectivity index (χ4v) is 1.51. The number of hydrogen-bond acceptors (Lipinski definition) is 6. The fourth-order valence-electron chi connectivity index (χ4n) is 1.51. The topological polar surface area (TPSA) is 103 Å². The zero-order chi connectivity index (χ0) is 13.4. The molecule has 1 aromatic heterocycles. The number of nitrogens with zero attached hydrogens (tertiary/aromatic N) is 2. The van der Waals surface area contributed by atoms with Crippen LogP contribution < -0.4 is 11.1 Å². The second-order valence-electron chi connectivity index (χ2n) is 3.85. The van der Waals surface area contributed by atoms with E-state index < -0.39 is 5.91 Å². The van der Waals surface area contributed by atoms with Crippen molar-refractivity contribution in [3.8, 4) is 0 Å². The molecule has 1 atom stereocenters. The van der Waals surface area contributed by atoms with Crippen molar-refractivity contribution in [3.05, 3.63) is 11.7 Å². The molecule has 1 amide bonds. The second-order valence-corrected chi connectivity index (χ2v) is 3.85. The summed E-state index contributed by atoms with van der Waals surface area (Å²) in [7, 11) is 0. The van der Waals surface area contributed by atoms with E-state index in [0.29, 0.717) is 24.9 Å². The van der Waals surface area contributed by atoms with Crippen molar-refractivity contribution in [1.29, 1.82) is 0 Å². The van der Waals surface area contributed by atoms with E-state index in [4.69, 9.17) is 15.0 Å². The maximum Gasteiger partial charge on any atom is 0.240 e. The highest BCUT2D eigenvalue weighted by molar-refractivity contribution is 5.75. The van der Waals surface area contributed by atoms with Crippen LogP contribution in [0, 0.1) is 0 Å². The number of nitrogens with one attached hydrogen (secondary N) is 1. The molecule has 0 bridgehead atoms. The standard InChI is InChI=1S/C11H20N4O3/c1-3-5-8(17-4-2)11-14-10(18-15-11)7-13-6-9(12)16/h8,13H,3-7H2,1-2H3,(H2,12,16). The molecule has 0 spiro atoms. The summed E-state index contributed by atoms with van der Waals surface area (Å²) in [5.41, 5.74) is 5.00. The zero-order valence-corrected chi connectivity index (χ0v) is 10.8. The second kappa shape index (κ2) is 7.78. The number of primary amides is 1. The van der Waals surface area contributed by atoms with Crippen LogP contribution in [0.15, 0.2) is 4.52 Å². The van der Waals surface area contributed by atoms with E-state index in [2.05, 4.69) is 22.4 Å². The van der Waals surface area contributed by atoms with Gasteiger partial charge in [-0.2, -0.15) is 4.98 Å². The Kier molecular flexibility index (Phi) is 6.31. The molecule has 3 N–H and O–H groups in total. The summed E-state index contributed by atoms with van der Waals surface area (Å²) >= 11 is 0. The molecule has 0 aromatic carbocycles. The largest absolute Gasteiger partial charge is 0.370 e. The molecule has 0 radical (unpaired) electrons.